The lowest BCUT2D eigenvalue weighted by molar-refractivity contribution is 0.0936. The molecule has 86 valence electrons. The second kappa shape index (κ2) is 4.80. The van der Waals surface area contributed by atoms with E-state index < -0.39 is 11.7 Å². The van der Waals surface area contributed by atoms with Crippen LogP contribution in [0, 0.1) is 5.82 Å². The van der Waals surface area contributed by atoms with E-state index in [2.05, 4.69) is 10.6 Å². The molecule has 5 heteroatoms. The SMILES string of the molecule is O=C(N[C@@H]1CCNC1)c1cc(Cl)ccc1F. The lowest BCUT2D eigenvalue weighted by Gasteiger charge is -2.11. The van der Waals surface area contributed by atoms with Gasteiger partial charge in [0.05, 0.1) is 5.56 Å². The van der Waals surface area contributed by atoms with Crippen LogP contribution in [0.3, 0.4) is 0 Å². The number of halogens is 2. The van der Waals surface area contributed by atoms with E-state index in [1.165, 1.54) is 18.2 Å². The van der Waals surface area contributed by atoms with E-state index in [0.29, 0.717) is 5.02 Å². The van der Waals surface area contributed by atoms with Crippen molar-refractivity contribution in [3.05, 3.63) is 34.6 Å². The monoisotopic (exact) mass is 242 g/mol. The molecule has 0 bridgehead atoms. The van der Waals surface area contributed by atoms with Gasteiger partial charge in [0.25, 0.3) is 5.91 Å². The van der Waals surface area contributed by atoms with Gasteiger partial charge in [0, 0.05) is 17.6 Å². The summed E-state index contributed by atoms with van der Waals surface area (Å²) in [6.45, 7) is 1.61. The second-order valence-electron chi connectivity index (χ2n) is 3.79. The molecule has 2 N–H and O–H groups in total. The molecule has 1 heterocycles. The van der Waals surface area contributed by atoms with Crippen LogP contribution in [0.15, 0.2) is 18.2 Å². The predicted molar refractivity (Wildman–Crippen MR) is 60.2 cm³/mol. The number of benzene rings is 1. The summed E-state index contributed by atoms with van der Waals surface area (Å²) in [7, 11) is 0. The first-order valence-electron chi connectivity index (χ1n) is 5.13. The van der Waals surface area contributed by atoms with Crippen LogP contribution in [0.2, 0.25) is 5.02 Å². The molecule has 1 aliphatic heterocycles. The molecule has 1 aromatic rings. The summed E-state index contributed by atoms with van der Waals surface area (Å²) in [6.07, 6.45) is 0.869. The Morgan fingerprint density at radius 1 is 1.56 bits per heavy atom. The largest absolute Gasteiger partial charge is 0.348 e. The number of hydrogen-bond acceptors (Lipinski definition) is 2. The van der Waals surface area contributed by atoms with Gasteiger partial charge in [-0.3, -0.25) is 4.79 Å². The normalized spacial score (nSPS) is 19.8. The van der Waals surface area contributed by atoms with Crippen LogP contribution in [-0.2, 0) is 0 Å². The average molecular weight is 243 g/mol. The van der Waals surface area contributed by atoms with Gasteiger partial charge in [-0.2, -0.15) is 0 Å². The van der Waals surface area contributed by atoms with Crippen LogP contribution in [0.25, 0.3) is 0 Å². The fraction of sp³-hybridized carbons (Fsp3) is 0.364. The van der Waals surface area contributed by atoms with Crippen LogP contribution in [0.5, 0.6) is 0 Å². The van der Waals surface area contributed by atoms with Gasteiger partial charge in [0.2, 0.25) is 0 Å². The lowest BCUT2D eigenvalue weighted by atomic mass is 10.1. The van der Waals surface area contributed by atoms with E-state index in [4.69, 9.17) is 11.6 Å². The molecular weight excluding hydrogens is 231 g/mol. The van der Waals surface area contributed by atoms with Gasteiger partial charge in [-0.25, -0.2) is 4.39 Å². The molecule has 1 atom stereocenters. The van der Waals surface area contributed by atoms with Gasteiger partial charge in [0.15, 0.2) is 0 Å². The highest BCUT2D eigenvalue weighted by Crippen LogP contribution is 2.15. The Morgan fingerprint density at radius 2 is 2.38 bits per heavy atom. The van der Waals surface area contributed by atoms with Crippen LogP contribution < -0.4 is 10.6 Å². The Balaban J connectivity index is 2.10. The highest BCUT2D eigenvalue weighted by atomic mass is 35.5. The van der Waals surface area contributed by atoms with Gasteiger partial charge < -0.3 is 10.6 Å². The quantitative estimate of drug-likeness (QED) is 0.827. The molecular formula is C11H12ClFN2O. The third-order valence-electron chi connectivity index (χ3n) is 2.57. The van der Waals surface area contributed by atoms with Crippen molar-refractivity contribution in [2.45, 2.75) is 12.5 Å². The van der Waals surface area contributed by atoms with Crippen molar-refractivity contribution in [3.63, 3.8) is 0 Å². The number of carbonyl (C=O) groups is 1. The Hall–Kier alpha value is -1.13. The maximum absolute atomic E-state index is 13.4. The zero-order valence-corrected chi connectivity index (χ0v) is 9.35. The predicted octanol–water partition coefficient (Wildman–Crippen LogP) is 1.57. The Labute approximate surface area is 98.0 Å². The highest BCUT2D eigenvalue weighted by Gasteiger charge is 2.19. The Kier molecular flexibility index (Phi) is 3.41. The number of carbonyl (C=O) groups excluding carboxylic acids is 1. The average Bonchev–Trinajstić information content (AvgIpc) is 2.74. The summed E-state index contributed by atoms with van der Waals surface area (Å²) >= 11 is 5.72. The summed E-state index contributed by atoms with van der Waals surface area (Å²) in [5.41, 5.74) is -0.000556. The maximum atomic E-state index is 13.4. The maximum Gasteiger partial charge on any atom is 0.254 e. The number of nitrogens with one attached hydrogen (secondary N) is 2. The Bertz CT molecular complexity index is 405. The van der Waals surface area contributed by atoms with Gasteiger partial charge >= 0.3 is 0 Å². The van der Waals surface area contributed by atoms with E-state index >= 15 is 0 Å². The summed E-state index contributed by atoms with van der Waals surface area (Å²) in [5.74, 6) is -0.957. The first-order valence-corrected chi connectivity index (χ1v) is 5.51. The van der Waals surface area contributed by atoms with Crippen LogP contribution in [0.1, 0.15) is 16.8 Å². The van der Waals surface area contributed by atoms with Crippen LogP contribution >= 0.6 is 11.6 Å². The van der Waals surface area contributed by atoms with Gasteiger partial charge in [-0.1, -0.05) is 11.6 Å². The molecule has 1 saturated heterocycles. The molecule has 0 aromatic heterocycles. The standard InChI is InChI=1S/C11H12ClFN2O/c12-7-1-2-10(13)9(5-7)11(16)15-8-3-4-14-6-8/h1-2,5,8,14H,3-4,6H2,(H,15,16)/t8-/m1/s1. The number of rotatable bonds is 2. The molecule has 0 spiro atoms. The zero-order chi connectivity index (χ0) is 11.5. The molecule has 3 nitrogen and oxygen atoms in total. The summed E-state index contributed by atoms with van der Waals surface area (Å²) in [5, 5.41) is 6.24. The highest BCUT2D eigenvalue weighted by molar-refractivity contribution is 6.31. The summed E-state index contributed by atoms with van der Waals surface area (Å²) in [4.78, 5) is 11.7. The second-order valence-corrected chi connectivity index (χ2v) is 4.22. The molecule has 1 amide bonds. The molecule has 2 rings (SSSR count). The van der Waals surface area contributed by atoms with Crippen LogP contribution in [0.4, 0.5) is 4.39 Å². The first-order chi connectivity index (χ1) is 7.66. The molecule has 0 unspecified atom stereocenters. The van der Waals surface area contributed by atoms with E-state index in [1.807, 2.05) is 0 Å². The van der Waals surface area contributed by atoms with Gasteiger partial charge in [0.1, 0.15) is 5.82 Å². The van der Waals surface area contributed by atoms with E-state index in [9.17, 15) is 9.18 Å². The van der Waals surface area contributed by atoms with E-state index in [1.54, 1.807) is 0 Å². The smallest absolute Gasteiger partial charge is 0.254 e. The van der Waals surface area contributed by atoms with Crippen molar-refractivity contribution < 1.29 is 9.18 Å². The van der Waals surface area contributed by atoms with E-state index in [0.717, 1.165) is 19.5 Å². The summed E-state index contributed by atoms with van der Waals surface area (Å²) in [6, 6.07) is 4.04. The van der Waals surface area contributed by atoms with Crippen molar-refractivity contribution in [2.75, 3.05) is 13.1 Å². The molecule has 0 saturated carbocycles. The molecule has 0 aliphatic carbocycles. The number of amides is 1. The summed E-state index contributed by atoms with van der Waals surface area (Å²) < 4.78 is 13.4. The third kappa shape index (κ3) is 2.51. The zero-order valence-electron chi connectivity index (χ0n) is 8.59. The Morgan fingerprint density at radius 3 is 3.06 bits per heavy atom. The minimum Gasteiger partial charge on any atom is -0.348 e. The fourth-order valence-corrected chi connectivity index (χ4v) is 1.88. The topological polar surface area (TPSA) is 41.1 Å². The van der Waals surface area contributed by atoms with Crippen molar-refractivity contribution in [1.82, 2.24) is 10.6 Å². The van der Waals surface area contributed by atoms with Crippen molar-refractivity contribution >= 4 is 17.5 Å². The molecule has 16 heavy (non-hydrogen) atoms. The fourth-order valence-electron chi connectivity index (χ4n) is 1.71. The molecule has 1 aliphatic rings. The minimum absolute atomic E-state index is 0.000556. The minimum atomic E-state index is -0.548. The van der Waals surface area contributed by atoms with Crippen molar-refractivity contribution in [3.8, 4) is 0 Å². The molecule has 1 fully saturated rings. The first kappa shape index (κ1) is 11.4. The van der Waals surface area contributed by atoms with Gasteiger partial charge in [-0.15, -0.1) is 0 Å². The van der Waals surface area contributed by atoms with Gasteiger partial charge in [-0.05, 0) is 31.2 Å². The van der Waals surface area contributed by atoms with Crippen molar-refractivity contribution in [1.29, 1.82) is 0 Å². The molecule has 1 aromatic carbocycles. The number of hydrogen-bond donors (Lipinski definition) is 2. The van der Waals surface area contributed by atoms with Crippen molar-refractivity contribution in [2.24, 2.45) is 0 Å². The van der Waals surface area contributed by atoms with Crippen LogP contribution in [-0.4, -0.2) is 25.0 Å². The third-order valence-corrected chi connectivity index (χ3v) is 2.80. The lowest BCUT2D eigenvalue weighted by Crippen LogP contribution is -2.36. The van der Waals surface area contributed by atoms with E-state index in [-0.39, 0.29) is 11.6 Å². The molecule has 0 radical (unpaired) electrons.